The van der Waals surface area contributed by atoms with Gasteiger partial charge in [-0.25, -0.2) is 4.39 Å². The van der Waals surface area contributed by atoms with Crippen molar-refractivity contribution in [2.75, 3.05) is 6.54 Å². The Balaban J connectivity index is 2.38. The summed E-state index contributed by atoms with van der Waals surface area (Å²) in [5.41, 5.74) is 1.62. The van der Waals surface area contributed by atoms with Gasteiger partial charge >= 0.3 is 0 Å². The molecule has 0 saturated heterocycles. The number of benzene rings is 1. The number of pyridine rings is 1. The summed E-state index contributed by atoms with van der Waals surface area (Å²) in [6.07, 6.45) is 1.77. The van der Waals surface area contributed by atoms with Crippen molar-refractivity contribution in [1.82, 2.24) is 10.3 Å². The lowest BCUT2D eigenvalue weighted by Gasteiger charge is -2.25. The van der Waals surface area contributed by atoms with Crippen molar-refractivity contribution >= 4 is 15.9 Å². The summed E-state index contributed by atoms with van der Waals surface area (Å²) in [5, 5.41) is 3.36. The van der Waals surface area contributed by atoms with E-state index in [1.54, 1.807) is 12.3 Å². The maximum absolute atomic E-state index is 14.1. The molecule has 0 bridgehead atoms. The van der Waals surface area contributed by atoms with Crippen LogP contribution in [-0.2, 0) is 0 Å². The molecule has 1 aromatic heterocycles. The van der Waals surface area contributed by atoms with E-state index >= 15 is 0 Å². The quantitative estimate of drug-likeness (QED) is 0.873. The molecule has 0 spiro atoms. The van der Waals surface area contributed by atoms with Gasteiger partial charge in [0.1, 0.15) is 5.82 Å². The lowest BCUT2D eigenvalue weighted by atomic mass is 9.91. The Kier molecular flexibility index (Phi) is 5.26. The highest BCUT2D eigenvalue weighted by molar-refractivity contribution is 9.10. The molecule has 2 atom stereocenters. The Morgan fingerprint density at radius 1 is 1.30 bits per heavy atom. The Labute approximate surface area is 127 Å². The minimum Gasteiger partial charge on any atom is -0.310 e. The number of nitrogens with one attached hydrogen (secondary N) is 1. The predicted molar refractivity (Wildman–Crippen MR) is 83.2 cm³/mol. The lowest BCUT2D eigenvalue weighted by molar-refractivity contribution is 0.450. The Bertz CT molecular complexity index is 560. The molecule has 0 aliphatic heterocycles. The number of nitrogens with zero attached hydrogens (tertiary/aromatic N) is 1. The van der Waals surface area contributed by atoms with Crippen LogP contribution >= 0.6 is 15.9 Å². The molecule has 0 radical (unpaired) electrons. The number of likely N-dealkylation sites (N-methyl/N-ethyl adjacent to an activating group) is 1. The summed E-state index contributed by atoms with van der Waals surface area (Å²) in [7, 11) is 0. The van der Waals surface area contributed by atoms with Crippen LogP contribution in [-0.4, -0.2) is 11.5 Å². The second-order valence-corrected chi connectivity index (χ2v) is 5.66. The molecule has 0 amide bonds. The molecular formula is C16H18BrFN2. The molecule has 0 aliphatic rings. The molecule has 0 saturated carbocycles. The van der Waals surface area contributed by atoms with E-state index in [2.05, 4.69) is 33.2 Å². The van der Waals surface area contributed by atoms with Crippen LogP contribution in [0.1, 0.15) is 37.1 Å². The number of aromatic nitrogens is 1. The second-order valence-electron chi connectivity index (χ2n) is 4.74. The fourth-order valence-electron chi connectivity index (χ4n) is 2.35. The van der Waals surface area contributed by atoms with Gasteiger partial charge in [-0.15, -0.1) is 0 Å². The van der Waals surface area contributed by atoms with Crippen LogP contribution in [0.3, 0.4) is 0 Å². The van der Waals surface area contributed by atoms with Gasteiger partial charge in [0.2, 0.25) is 0 Å². The van der Waals surface area contributed by atoms with E-state index in [0.717, 1.165) is 16.7 Å². The third-order valence-electron chi connectivity index (χ3n) is 3.37. The average Bonchev–Trinajstić information content (AvgIpc) is 2.48. The van der Waals surface area contributed by atoms with Gasteiger partial charge < -0.3 is 5.32 Å². The van der Waals surface area contributed by atoms with Crippen LogP contribution in [0, 0.1) is 5.82 Å². The zero-order chi connectivity index (χ0) is 14.5. The van der Waals surface area contributed by atoms with Gasteiger partial charge in [-0.3, -0.25) is 4.98 Å². The van der Waals surface area contributed by atoms with Gasteiger partial charge in [0, 0.05) is 33.9 Å². The van der Waals surface area contributed by atoms with Gasteiger partial charge in [0.25, 0.3) is 0 Å². The van der Waals surface area contributed by atoms with Gasteiger partial charge in [0.15, 0.2) is 0 Å². The third-order valence-corrected chi connectivity index (χ3v) is 3.86. The Hall–Kier alpha value is -1.26. The topological polar surface area (TPSA) is 24.9 Å². The zero-order valence-corrected chi connectivity index (χ0v) is 13.2. The first-order valence-electron chi connectivity index (χ1n) is 6.72. The predicted octanol–water partition coefficient (Wildman–Crippen LogP) is 4.44. The minimum absolute atomic E-state index is 0.0833. The lowest BCUT2D eigenvalue weighted by Crippen LogP contribution is -2.27. The molecule has 4 heteroatoms. The number of hydrogen-bond donors (Lipinski definition) is 1. The van der Waals surface area contributed by atoms with E-state index in [1.807, 2.05) is 31.2 Å². The molecule has 0 aliphatic carbocycles. The molecular weight excluding hydrogens is 319 g/mol. The molecule has 2 aromatic rings. The van der Waals surface area contributed by atoms with Crippen LogP contribution < -0.4 is 5.32 Å². The van der Waals surface area contributed by atoms with Crippen molar-refractivity contribution in [2.45, 2.75) is 25.8 Å². The summed E-state index contributed by atoms with van der Waals surface area (Å²) in [6.45, 7) is 4.86. The fourth-order valence-corrected chi connectivity index (χ4v) is 2.72. The molecule has 2 rings (SSSR count). The third kappa shape index (κ3) is 3.44. The fraction of sp³-hybridized carbons (Fsp3) is 0.312. The molecule has 106 valence electrons. The van der Waals surface area contributed by atoms with Gasteiger partial charge in [0.05, 0.1) is 0 Å². The van der Waals surface area contributed by atoms with Crippen molar-refractivity contribution in [3.05, 3.63) is 64.1 Å². The first-order valence-corrected chi connectivity index (χ1v) is 7.52. The van der Waals surface area contributed by atoms with E-state index in [1.165, 1.54) is 6.07 Å². The van der Waals surface area contributed by atoms with E-state index in [9.17, 15) is 4.39 Å². The molecule has 1 heterocycles. The first kappa shape index (κ1) is 15.1. The summed E-state index contributed by atoms with van der Waals surface area (Å²) in [5.74, 6) is -0.109. The van der Waals surface area contributed by atoms with Crippen molar-refractivity contribution in [1.29, 1.82) is 0 Å². The van der Waals surface area contributed by atoms with Crippen molar-refractivity contribution in [3.63, 3.8) is 0 Å². The van der Waals surface area contributed by atoms with Gasteiger partial charge in [-0.2, -0.15) is 0 Å². The normalized spacial score (nSPS) is 14.0. The maximum atomic E-state index is 14.1. The average molecular weight is 337 g/mol. The molecule has 2 nitrogen and oxygen atoms in total. The van der Waals surface area contributed by atoms with Crippen LogP contribution in [0.2, 0.25) is 0 Å². The molecule has 1 aromatic carbocycles. The van der Waals surface area contributed by atoms with Crippen LogP contribution in [0.15, 0.2) is 47.1 Å². The number of halogens is 2. The SMILES string of the molecule is CCNC(c1cc(Br)ccc1F)C(C)c1ccccn1. The Morgan fingerprint density at radius 2 is 2.10 bits per heavy atom. The maximum Gasteiger partial charge on any atom is 0.128 e. The number of rotatable bonds is 5. The standard InChI is InChI=1S/C16H18BrFN2/c1-3-19-16(11(2)15-6-4-5-9-20-15)13-10-12(17)7-8-14(13)18/h4-11,16,19H,3H2,1-2H3. The highest BCUT2D eigenvalue weighted by Gasteiger charge is 2.23. The highest BCUT2D eigenvalue weighted by atomic mass is 79.9. The zero-order valence-electron chi connectivity index (χ0n) is 11.6. The van der Waals surface area contributed by atoms with E-state index in [4.69, 9.17) is 0 Å². The van der Waals surface area contributed by atoms with E-state index in [-0.39, 0.29) is 17.8 Å². The van der Waals surface area contributed by atoms with Crippen molar-refractivity contribution in [3.8, 4) is 0 Å². The largest absolute Gasteiger partial charge is 0.310 e. The minimum atomic E-state index is -0.193. The van der Waals surface area contributed by atoms with Gasteiger partial charge in [-0.05, 0) is 36.9 Å². The molecule has 1 N–H and O–H groups in total. The summed E-state index contributed by atoms with van der Waals surface area (Å²) < 4.78 is 15.0. The van der Waals surface area contributed by atoms with Crippen LogP contribution in [0.25, 0.3) is 0 Å². The Morgan fingerprint density at radius 3 is 2.75 bits per heavy atom. The summed E-state index contributed by atoms with van der Waals surface area (Å²) in [6, 6.07) is 10.8. The highest BCUT2D eigenvalue weighted by Crippen LogP contribution is 2.32. The van der Waals surface area contributed by atoms with Crippen LogP contribution in [0.5, 0.6) is 0 Å². The van der Waals surface area contributed by atoms with E-state index < -0.39 is 0 Å². The monoisotopic (exact) mass is 336 g/mol. The summed E-state index contributed by atoms with van der Waals surface area (Å²) >= 11 is 3.41. The number of hydrogen-bond acceptors (Lipinski definition) is 2. The van der Waals surface area contributed by atoms with E-state index in [0.29, 0.717) is 5.56 Å². The summed E-state index contributed by atoms with van der Waals surface area (Å²) in [4.78, 5) is 4.39. The molecule has 0 fully saturated rings. The van der Waals surface area contributed by atoms with Crippen LogP contribution in [0.4, 0.5) is 4.39 Å². The first-order chi connectivity index (χ1) is 9.63. The second kappa shape index (κ2) is 6.95. The van der Waals surface area contributed by atoms with Gasteiger partial charge in [-0.1, -0.05) is 35.8 Å². The molecule has 20 heavy (non-hydrogen) atoms. The van der Waals surface area contributed by atoms with Crippen molar-refractivity contribution in [2.24, 2.45) is 0 Å². The molecule has 2 unspecified atom stereocenters. The smallest absolute Gasteiger partial charge is 0.128 e. The van der Waals surface area contributed by atoms with Crippen molar-refractivity contribution < 1.29 is 4.39 Å².